The van der Waals surface area contributed by atoms with Crippen LogP contribution in [0.4, 0.5) is 5.69 Å². The lowest BCUT2D eigenvalue weighted by molar-refractivity contribution is -0.117. The maximum Gasteiger partial charge on any atom is 0.227 e. The molecule has 2 aromatic carbocycles. The van der Waals surface area contributed by atoms with Gasteiger partial charge >= 0.3 is 0 Å². The molecule has 4 heteroatoms. The highest BCUT2D eigenvalue weighted by Gasteiger charge is 2.21. The van der Waals surface area contributed by atoms with Gasteiger partial charge in [-0.05, 0) is 54.5 Å². The van der Waals surface area contributed by atoms with Gasteiger partial charge in [-0.2, -0.15) is 0 Å². The minimum absolute atomic E-state index is 0.0933. The Hall–Kier alpha value is -2.39. The summed E-state index contributed by atoms with van der Waals surface area (Å²) in [5.74, 6) is 0.0481. The smallest absolute Gasteiger partial charge is 0.227 e. The van der Waals surface area contributed by atoms with Crippen molar-refractivity contribution >= 4 is 35.1 Å². The predicted octanol–water partition coefficient (Wildman–Crippen LogP) is 4.36. The first-order valence-electron chi connectivity index (χ1n) is 7.52. The number of allylic oxidation sites excluding steroid dienone is 1. The predicted molar refractivity (Wildman–Crippen MR) is 92.8 cm³/mol. The average molecular weight is 326 g/mol. The van der Waals surface area contributed by atoms with Gasteiger partial charge in [0.1, 0.15) is 0 Å². The van der Waals surface area contributed by atoms with Gasteiger partial charge in [0.25, 0.3) is 0 Å². The average Bonchev–Trinajstić information content (AvgIpc) is 3.00. The van der Waals surface area contributed by atoms with E-state index < -0.39 is 0 Å². The van der Waals surface area contributed by atoms with Gasteiger partial charge in [0, 0.05) is 29.2 Å². The molecule has 0 radical (unpaired) electrons. The zero-order valence-electron chi connectivity index (χ0n) is 12.5. The van der Waals surface area contributed by atoms with E-state index in [9.17, 15) is 9.59 Å². The van der Waals surface area contributed by atoms with Crippen LogP contribution >= 0.6 is 11.6 Å². The monoisotopic (exact) mass is 325 g/mol. The first-order chi connectivity index (χ1) is 11.1. The van der Waals surface area contributed by atoms with Gasteiger partial charge < -0.3 is 4.90 Å². The van der Waals surface area contributed by atoms with Gasteiger partial charge in [-0.15, -0.1) is 0 Å². The highest BCUT2D eigenvalue weighted by Crippen LogP contribution is 2.22. The normalized spacial score (nSPS) is 14.7. The molecule has 0 bridgehead atoms. The van der Waals surface area contributed by atoms with Gasteiger partial charge in [-0.3, -0.25) is 9.59 Å². The third-order valence-corrected chi connectivity index (χ3v) is 4.20. The van der Waals surface area contributed by atoms with Crippen molar-refractivity contribution in [3.8, 4) is 0 Å². The minimum atomic E-state index is -0.0933. The molecular formula is C19H16ClNO2. The molecule has 0 aromatic heterocycles. The van der Waals surface area contributed by atoms with Gasteiger partial charge in [0.15, 0.2) is 5.78 Å². The number of carbonyl (C=O) groups is 2. The van der Waals surface area contributed by atoms with Crippen LogP contribution in [0.2, 0.25) is 5.02 Å². The summed E-state index contributed by atoms with van der Waals surface area (Å²) in [5.41, 5.74) is 2.24. The van der Waals surface area contributed by atoms with E-state index in [1.54, 1.807) is 29.2 Å². The summed E-state index contributed by atoms with van der Waals surface area (Å²) in [5, 5.41) is 0.611. The lowest BCUT2D eigenvalue weighted by atomic mass is 10.1. The number of benzene rings is 2. The number of ketones is 1. The van der Waals surface area contributed by atoms with Crippen molar-refractivity contribution in [2.45, 2.75) is 12.8 Å². The van der Waals surface area contributed by atoms with Gasteiger partial charge in [-0.1, -0.05) is 29.8 Å². The molecule has 0 spiro atoms. The van der Waals surface area contributed by atoms with Gasteiger partial charge in [-0.25, -0.2) is 0 Å². The molecule has 1 fully saturated rings. The third kappa shape index (κ3) is 3.51. The lowest BCUT2D eigenvalue weighted by Gasteiger charge is -2.15. The molecular weight excluding hydrogens is 310 g/mol. The quantitative estimate of drug-likeness (QED) is 0.618. The van der Waals surface area contributed by atoms with E-state index in [4.69, 9.17) is 11.6 Å². The van der Waals surface area contributed by atoms with E-state index in [1.165, 1.54) is 6.08 Å². The second-order valence-corrected chi connectivity index (χ2v) is 5.82. The van der Waals surface area contributed by atoms with Crippen LogP contribution in [0.1, 0.15) is 28.8 Å². The van der Waals surface area contributed by atoms with Crippen LogP contribution in [0.5, 0.6) is 0 Å². The summed E-state index contributed by atoms with van der Waals surface area (Å²) < 4.78 is 0. The Morgan fingerprint density at radius 3 is 2.48 bits per heavy atom. The number of hydrogen-bond acceptors (Lipinski definition) is 2. The molecule has 2 aromatic rings. The van der Waals surface area contributed by atoms with Crippen molar-refractivity contribution in [1.82, 2.24) is 0 Å². The lowest BCUT2D eigenvalue weighted by Crippen LogP contribution is -2.23. The van der Waals surface area contributed by atoms with Crippen molar-refractivity contribution in [3.05, 3.63) is 70.8 Å². The molecule has 0 unspecified atom stereocenters. The number of carbonyl (C=O) groups excluding carboxylic acids is 2. The second-order valence-electron chi connectivity index (χ2n) is 5.41. The number of anilines is 1. The summed E-state index contributed by atoms with van der Waals surface area (Å²) in [4.78, 5) is 25.7. The minimum Gasteiger partial charge on any atom is -0.312 e. The fourth-order valence-corrected chi connectivity index (χ4v) is 2.80. The molecule has 0 aliphatic carbocycles. The molecule has 23 heavy (non-hydrogen) atoms. The SMILES string of the molecule is O=C(/C=C/c1ccccc1Cl)c1ccc(N2CCCC2=O)cc1. The number of amides is 1. The number of halogens is 1. The van der Waals surface area contributed by atoms with Crippen LogP contribution in [0.3, 0.4) is 0 Å². The summed E-state index contributed by atoms with van der Waals surface area (Å²) >= 11 is 6.06. The molecule has 1 heterocycles. The van der Waals surface area contributed by atoms with Crippen molar-refractivity contribution in [3.63, 3.8) is 0 Å². The van der Waals surface area contributed by atoms with Crippen molar-refractivity contribution in [1.29, 1.82) is 0 Å². The van der Waals surface area contributed by atoms with Gasteiger partial charge in [0.2, 0.25) is 5.91 Å². The Labute approximate surface area is 140 Å². The zero-order chi connectivity index (χ0) is 16.2. The van der Waals surface area contributed by atoms with E-state index in [0.717, 1.165) is 24.2 Å². The second kappa shape index (κ2) is 6.80. The van der Waals surface area contributed by atoms with Crippen LogP contribution in [0, 0.1) is 0 Å². The molecule has 0 N–H and O–H groups in total. The highest BCUT2D eigenvalue weighted by atomic mass is 35.5. The van der Waals surface area contributed by atoms with E-state index in [1.807, 2.05) is 30.3 Å². The number of rotatable bonds is 4. The summed E-state index contributed by atoms with van der Waals surface area (Å²) in [6, 6.07) is 14.5. The molecule has 1 saturated heterocycles. The summed E-state index contributed by atoms with van der Waals surface area (Å²) in [7, 11) is 0. The molecule has 0 saturated carbocycles. The standard InChI is InChI=1S/C19H16ClNO2/c20-17-5-2-1-4-14(17)9-12-18(22)15-7-10-16(11-8-15)21-13-3-6-19(21)23/h1-2,4-5,7-12H,3,6,13H2/b12-9+. The molecule has 1 aliphatic rings. The summed E-state index contributed by atoms with van der Waals surface area (Å²) in [6.45, 7) is 0.749. The van der Waals surface area contributed by atoms with E-state index in [0.29, 0.717) is 17.0 Å². The number of nitrogens with zero attached hydrogens (tertiary/aromatic N) is 1. The van der Waals surface area contributed by atoms with Crippen molar-refractivity contribution in [2.75, 3.05) is 11.4 Å². The van der Waals surface area contributed by atoms with Crippen LogP contribution in [0.25, 0.3) is 6.08 Å². The molecule has 1 amide bonds. The third-order valence-electron chi connectivity index (χ3n) is 3.86. The largest absolute Gasteiger partial charge is 0.312 e. The van der Waals surface area contributed by atoms with Gasteiger partial charge in [0.05, 0.1) is 0 Å². The Bertz CT molecular complexity index is 765. The van der Waals surface area contributed by atoms with E-state index >= 15 is 0 Å². The Morgan fingerprint density at radius 2 is 1.83 bits per heavy atom. The van der Waals surface area contributed by atoms with Crippen LogP contribution in [-0.2, 0) is 4.79 Å². The Kier molecular flexibility index (Phi) is 4.58. The molecule has 3 rings (SSSR count). The van der Waals surface area contributed by atoms with Crippen molar-refractivity contribution in [2.24, 2.45) is 0 Å². The molecule has 1 aliphatic heterocycles. The molecule has 3 nitrogen and oxygen atoms in total. The summed E-state index contributed by atoms with van der Waals surface area (Å²) in [6.07, 6.45) is 4.71. The molecule has 116 valence electrons. The van der Waals surface area contributed by atoms with E-state index in [-0.39, 0.29) is 11.7 Å². The first-order valence-corrected chi connectivity index (χ1v) is 7.90. The Morgan fingerprint density at radius 1 is 1.09 bits per heavy atom. The first kappa shape index (κ1) is 15.5. The van der Waals surface area contributed by atoms with E-state index in [2.05, 4.69) is 0 Å². The van der Waals surface area contributed by atoms with Crippen LogP contribution < -0.4 is 4.90 Å². The zero-order valence-corrected chi connectivity index (χ0v) is 13.3. The highest BCUT2D eigenvalue weighted by molar-refractivity contribution is 6.32. The fraction of sp³-hybridized carbons (Fsp3) is 0.158. The van der Waals surface area contributed by atoms with Crippen LogP contribution in [0.15, 0.2) is 54.6 Å². The maximum absolute atomic E-state index is 12.2. The van der Waals surface area contributed by atoms with Crippen molar-refractivity contribution < 1.29 is 9.59 Å². The maximum atomic E-state index is 12.2. The number of hydrogen-bond donors (Lipinski definition) is 0. The topological polar surface area (TPSA) is 37.4 Å². The Balaban J connectivity index is 1.73. The van der Waals surface area contributed by atoms with Crippen LogP contribution in [-0.4, -0.2) is 18.2 Å². The fourth-order valence-electron chi connectivity index (χ4n) is 2.60. The molecule has 0 atom stereocenters.